The van der Waals surface area contributed by atoms with Crippen LogP contribution in [-0.2, 0) is 0 Å². The van der Waals surface area contributed by atoms with Crippen molar-refractivity contribution in [3.05, 3.63) is 40.3 Å². The Morgan fingerprint density at radius 1 is 1.50 bits per heavy atom. The van der Waals surface area contributed by atoms with E-state index in [1.165, 1.54) is 11.0 Å². The number of nitrogens with one attached hydrogen (secondary N) is 1. The van der Waals surface area contributed by atoms with Gasteiger partial charge in [0.25, 0.3) is 0 Å². The highest BCUT2D eigenvalue weighted by atomic mass is 32.2. The zero-order chi connectivity index (χ0) is 8.39. The summed E-state index contributed by atoms with van der Waals surface area (Å²) in [6, 6.07) is 3.17. The minimum Gasteiger partial charge on any atom is -0.361 e. The molecule has 0 fully saturated rings. The van der Waals surface area contributed by atoms with Crippen molar-refractivity contribution >= 4 is 16.7 Å². The molecule has 2 heterocycles. The number of H-pyrrole nitrogens is 1. The van der Waals surface area contributed by atoms with E-state index in [1.807, 2.05) is 0 Å². The standard InChI is InChI=1S/C9H9NOS/c11-7-3-4-10-8(6-7)9-2-1-5-12-9/h2-4,6H,1,5H2,(H,10,11). The molecule has 2 rings (SSSR count). The molecule has 0 amide bonds. The monoisotopic (exact) mass is 179 g/mol. The molecule has 0 unspecified atom stereocenters. The highest BCUT2D eigenvalue weighted by molar-refractivity contribution is 8.08. The molecule has 0 bridgehead atoms. The van der Waals surface area contributed by atoms with Crippen molar-refractivity contribution < 1.29 is 0 Å². The predicted molar refractivity (Wildman–Crippen MR) is 52.1 cm³/mol. The summed E-state index contributed by atoms with van der Waals surface area (Å²) >= 11 is 1.80. The molecule has 0 aromatic carbocycles. The van der Waals surface area contributed by atoms with E-state index in [2.05, 4.69) is 11.1 Å². The van der Waals surface area contributed by atoms with Crippen LogP contribution in [0.1, 0.15) is 12.1 Å². The molecule has 1 aliphatic heterocycles. The van der Waals surface area contributed by atoms with Crippen LogP contribution in [0.2, 0.25) is 0 Å². The van der Waals surface area contributed by atoms with Gasteiger partial charge in [0.05, 0.1) is 5.69 Å². The third-order valence-corrected chi connectivity index (χ3v) is 2.88. The van der Waals surface area contributed by atoms with E-state index >= 15 is 0 Å². The van der Waals surface area contributed by atoms with Gasteiger partial charge in [0.2, 0.25) is 0 Å². The van der Waals surface area contributed by atoms with Crippen molar-refractivity contribution in [3.8, 4) is 0 Å². The van der Waals surface area contributed by atoms with Crippen LogP contribution in [0.5, 0.6) is 0 Å². The minimum atomic E-state index is 0.0668. The Bertz CT molecular complexity index is 367. The van der Waals surface area contributed by atoms with Gasteiger partial charge in [-0.15, -0.1) is 11.8 Å². The third kappa shape index (κ3) is 1.46. The summed E-state index contributed by atoms with van der Waals surface area (Å²) in [6.07, 6.45) is 4.96. The summed E-state index contributed by atoms with van der Waals surface area (Å²) in [6.45, 7) is 0. The van der Waals surface area contributed by atoms with Crippen LogP contribution in [-0.4, -0.2) is 10.7 Å². The number of pyridine rings is 1. The molecule has 0 radical (unpaired) electrons. The number of hydrogen-bond donors (Lipinski definition) is 1. The first-order valence-corrected chi connectivity index (χ1v) is 4.87. The molecule has 1 aliphatic rings. The molecule has 0 aliphatic carbocycles. The normalized spacial score (nSPS) is 16.2. The van der Waals surface area contributed by atoms with Crippen LogP contribution in [0, 0.1) is 0 Å². The molecular weight excluding hydrogens is 170 g/mol. The van der Waals surface area contributed by atoms with E-state index in [-0.39, 0.29) is 5.43 Å². The summed E-state index contributed by atoms with van der Waals surface area (Å²) in [5, 5.41) is 0. The van der Waals surface area contributed by atoms with Crippen molar-refractivity contribution in [2.45, 2.75) is 6.42 Å². The molecule has 3 heteroatoms. The minimum absolute atomic E-state index is 0.0668. The molecule has 2 nitrogen and oxygen atoms in total. The smallest absolute Gasteiger partial charge is 0.182 e. The Kier molecular flexibility index (Phi) is 2.04. The van der Waals surface area contributed by atoms with Crippen molar-refractivity contribution in [2.75, 3.05) is 5.75 Å². The SMILES string of the molecule is O=c1cc[nH]c(C2=CCCS2)c1. The van der Waals surface area contributed by atoms with Crippen LogP contribution in [0.3, 0.4) is 0 Å². The average Bonchev–Trinajstić information content (AvgIpc) is 2.56. The average molecular weight is 179 g/mol. The van der Waals surface area contributed by atoms with E-state index < -0.39 is 0 Å². The maximum Gasteiger partial charge on any atom is 0.182 e. The quantitative estimate of drug-likeness (QED) is 0.713. The van der Waals surface area contributed by atoms with Crippen LogP contribution >= 0.6 is 11.8 Å². The summed E-state index contributed by atoms with van der Waals surface area (Å²) in [7, 11) is 0. The molecule has 0 spiro atoms. The van der Waals surface area contributed by atoms with Crippen molar-refractivity contribution in [1.82, 2.24) is 4.98 Å². The predicted octanol–water partition coefficient (Wildman–Crippen LogP) is 1.85. The summed E-state index contributed by atoms with van der Waals surface area (Å²) < 4.78 is 0. The summed E-state index contributed by atoms with van der Waals surface area (Å²) in [5.74, 6) is 1.13. The Balaban J connectivity index is 2.39. The van der Waals surface area contributed by atoms with E-state index in [1.54, 1.807) is 24.0 Å². The third-order valence-electron chi connectivity index (χ3n) is 1.74. The van der Waals surface area contributed by atoms with Crippen LogP contribution < -0.4 is 5.43 Å². The zero-order valence-electron chi connectivity index (χ0n) is 6.54. The Morgan fingerprint density at radius 2 is 2.42 bits per heavy atom. The van der Waals surface area contributed by atoms with Gasteiger partial charge in [-0.2, -0.15) is 0 Å². The van der Waals surface area contributed by atoms with Gasteiger partial charge in [0.1, 0.15) is 0 Å². The maximum absolute atomic E-state index is 11.0. The van der Waals surface area contributed by atoms with Gasteiger partial charge in [-0.25, -0.2) is 0 Å². The van der Waals surface area contributed by atoms with Gasteiger partial charge >= 0.3 is 0 Å². The molecule has 12 heavy (non-hydrogen) atoms. The Labute approximate surface area is 74.7 Å². The lowest BCUT2D eigenvalue weighted by Gasteiger charge is -1.98. The fourth-order valence-electron chi connectivity index (χ4n) is 1.19. The zero-order valence-corrected chi connectivity index (χ0v) is 7.36. The first-order valence-electron chi connectivity index (χ1n) is 3.88. The van der Waals surface area contributed by atoms with E-state index in [4.69, 9.17) is 0 Å². The van der Waals surface area contributed by atoms with Crippen molar-refractivity contribution in [1.29, 1.82) is 0 Å². The Hall–Kier alpha value is -0.960. The van der Waals surface area contributed by atoms with Crippen molar-refractivity contribution in [3.63, 3.8) is 0 Å². The van der Waals surface area contributed by atoms with Gasteiger partial charge in [-0.1, -0.05) is 6.08 Å². The number of rotatable bonds is 1. The second-order valence-corrected chi connectivity index (χ2v) is 3.78. The number of hydrogen-bond acceptors (Lipinski definition) is 2. The summed E-state index contributed by atoms with van der Waals surface area (Å²) in [5.41, 5.74) is 1.02. The van der Waals surface area contributed by atoms with Gasteiger partial charge in [0.15, 0.2) is 5.43 Å². The molecule has 62 valence electrons. The topological polar surface area (TPSA) is 32.9 Å². The highest BCUT2D eigenvalue weighted by Gasteiger charge is 2.07. The lowest BCUT2D eigenvalue weighted by molar-refractivity contribution is 1.25. The molecule has 0 saturated carbocycles. The lowest BCUT2D eigenvalue weighted by Crippen LogP contribution is -1.98. The number of aromatic nitrogens is 1. The van der Waals surface area contributed by atoms with Gasteiger partial charge in [-0.05, 0) is 6.42 Å². The fourth-order valence-corrected chi connectivity index (χ4v) is 2.16. The first kappa shape index (κ1) is 7.68. The molecule has 1 aromatic rings. The second-order valence-electron chi connectivity index (χ2n) is 2.64. The van der Waals surface area contributed by atoms with Gasteiger partial charge in [0, 0.05) is 29.0 Å². The maximum atomic E-state index is 11.0. The van der Waals surface area contributed by atoms with Crippen LogP contribution in [0.15, 0.2) is 29.2 Å². The van der Waals surface area contributed by atoms with Crippen LogP contribution in [0.25, 0.3) is 4.91 Å². The molecule has 0 atom stereocenters. The van der Waals surface area contributed by atoms with E-state index in [0.29, 0.717) is 0 Å². The molecular formula is C9H9NOS. The Morgan fingerprint density at radius 3 is 3.08 bits per heavy atom. The number of thioether (sulfide) groups is 1. The number of aromatic amines is 1. The first-order chi connectivity index (χ1) is 5.86. The lowest BCUT2D eigenvalue weighted by atomic mass is 10.3. The molecule has 1 N–H and O–H groups in total. The summed E-state index contributed by atoms with van der Waals surface area (Å²) in [4.78, 5) is 15.3. The van der Waals surface area contributed by atoms with Crippen LogP contribution in [0.4, 0.5) is 0 Å². The second kappa shape index (κ2) is 3.19. The number of allylic oxidation sites excluding steroid dienone is 1. The van der Waals surface area contributed by atoms with E-state index in [0.717, 1.165) is 17.9 Å². The fraction of sp³-hybridized carbons (Fsp3) is 0.222. The van der Waals surface area contributed by atoms with E-state index in [9.17, 15) is 4.79 Å². The molecule has 1 aromatic heterocycles. The largest absolute Gasteiger partial charge is 0.361 e. The highest BCUT2D eigenvalue weighted by Crippen LogP contribution is 2.31. The van der Waals surface area contributed by atoms with Crippen molar-refractivity contribution in [2.24, 2.45) is 0 Å². The van der Waals surface area contributed by atoms with Gasteiger partial charge < -0.3 is 4.98 Å². The molecule has 0 saturated heterocycles. The van der Waals surface area contributed by atoms with Gasteiger partial charge in [-0.3, -0.25) is 4.79 Å².